The lowest BCUT2D eigenvalue weighted by atomic mass is 10.6. The normalized spacial score (nSPS) is 10.5. The third-order valence-corrected chi connectivity index (χ3v) is 1.46. The summed E-state index contributed by atoms with van der Waals surface area (Å²) in [5.41, 5.74) is 1.28. The van der Waals surface area contributed by atoms with Crippen molar-refractivity contribution >= 4 is 22.8 Å². The molecule has 0 amide bonds. The van der Waals surface area contributed by atoms with Gasteiger partial charge in [-0.25, -0.2) is 15.0 Å². The Morgan fingerprint density at radius 1 is 1.30 bits per heavy atom. The molecule has 0 unspecified atom stereocenters. The smallest absolute Gasteiger partial charge is 0.182 e. The Morgan fingerprint density at radius 3 is 3.00 bits per heavy atom. The summed E-state index contributed by atoms with van der Waals surface area (Å²) in [4.78, 5) is 14.3. The van der Waals surface area contributed by atoms with Crippen molar-refractivity contribution in [2.45, 2.75) is 0 Å². The summed E-state index contributed by atoms with van der Waals surface area (Å²) in [7, 11) is 0. The fraction of sp³-hybridized carbons (Fsp3) is 0. The van der Waals surface area contributed by atoms with Crippen LogP contribution in [0.1, 0.15) is 0 Å². The molecule has 0 bridgehead atoms. The van der Waals surface area contributed by atoms with Crippen LogP contribution in [0.5, 0.6) is 0 Å². The maximum Gasteiger partial charge on any atom is 0.182 e. The fourth-order valence-electron chi connectivity index (χ4n) is 0.736. The highest BCUT2D eigenvalue weighted by Gasteiger charge is 2.00. The van der Waals surface area contributed by atoms with E-state index in [0.717, 1.165) is 0 Å². The molecule has 0 aliphatic carbocycles. The van der Waals surface area contributed by atoms with Crippen LogP contribution in [-0.4, -0.2) is 19.9 Å². The molecular formula is C5H3ClN4. The highest BCUT2D eigenvalue weighted by Crippen LogP contribution is 2.13. The number of imidazole rings is 1. The standard InChI is InChI=1S/C5H3ClN4/c6-4-3-5(9-1-7-3)10-2-8-4/h1-2H,(H,7,8,9,10)/i1+1,7+1. The number of aromatic amines is 1. The van der Waals surface area contributed by atoms with E-state index in [4.69, 9.17) is 11.6 Å². The van der Waals surface area contributed by atoms with Gasteiger partial charge in [0, 0.05) is 0 Å². The van der Waals surface area contributed by atoms with Crippen molar-refractivity contribution in [1.29, 1.82) is 0 Å². The molecule has 0 radical (unpaired) electrons. The zero-order valence-corrected chi connectivity index (χ0v) is 5.63. The minimum Gasteiger partial charge on any atom is -0.341 e. The SMILES string of the molecule is Clc1ncnc2n[13cH][15nH]c12. The van der Waals surface area contributed by atoms with Gasteiger partial charge in [-0.3, -0.25) is 0 Å². The van der Waals surface area contributed by atoms with Crippen molar-refractivity contribution in [3.63, 3.8) is 0 Å². The lowest BCUT2D eigenvalue weighted by molar-refractivity contribution is 1.20. The minimum atomic E-state index is 0.405. The zero-order valence-electron chi connectivity index (χ0n) is 4.87. The van der Waals surface area contributed by atoms with Crippen LogP contribution in [0.2, 0.25) is 5.15 Å². The molecule has 1 N–H and O–H groups in total. The summed E-state index contributed by atoms with van der Waals surface area (Å²) in [5, 5.41) is 0.405. The molecule has 0 aromatic carbocycles. The summed E-state index contributed by atoms with van der Waals surface area (Å²) in [6.45, 7) is 0. The Hall–Kier alpha value is -1.16. The molecule has 0 spiro atoms. The second-order valence-electron chi connectivity index (χ2n) is 1.77. The molecule has 2 aromatic heterocycles. The van der Waals surface area contributed by atoms with Gasteiger partial charge in [0.05, 0.1) is 6.33 Å². The molecule has 2 heterocycles. The Morgan fingerprint density at radius 2 is 2.20 bits per heavy atom. The largest absolute Gasteiger partial charge is 0.341 e. The molecule has 0 saturated heterocycles. The van der Waals surface area contributed by atoms with Crippen molar-refractivity contribution in [3.05, 3.63) is 17.8 Å². The van der Waals surface area contributed by atoms with Crippen LogP contribution in [0.25, 0.3) is 11.2 Å². The monoisotopic (exact) mass is 156 g/mol. The van der Waals surface area contributed by atoms with E-state index in [1.54, 1.807) is 0 Å². The second kappa shape index (κ2) is 1.91. The quantitative estimate of drug-likeness (QED) is 0.579. The van der Waals surface area contributed by atoms with Crippen LogP contribution in [0.3, 0.4) is 0 Å². The van der Waals surface area contributed by atoms with Crippen LogP contribution in [0, 0.1) is 0 Å². The number of nitrogens with zero attached hydrogens (tertiary/aromatic N) is 3. The van der Waals surface area contributed by atoms with Crippen molar-refractivity contribution in [1.82, 2.24) is 19.9 Å². The first-order valence-corrected chi connectivity index (χ1v) is 3.05. The number of H-pyrrole nitrogens is 1. The van der Waals surface area contributed by atoms with Gasteiger partial charge in [-0.1, -0.05) is 11.6 Å². The van der Waals surface area contributed by atoms with Gasteiger partial charge in [-0.05, 0) is 0 Å². The summed E-state index contributed by atoms with van der Waals surface area (Å²) in [6, 6.07) is 0. The summed E-state index contributed by atoms with van der Waals surface area (Å²) in [6.07, 6.45) is 2.91. The van der Waals surface area contributed by atoms with E-state index in [1.807, 2.05) is 0 Å². The van der Waals surface area contributed by atoms with Gasteiger partial charge < -0.3 is 4.98 Å². The van der Waals surface area contributed by atoms with E-state index >= 15 is 0 Å². The zero-order chi connectivity index (χ0) is 6.97. The van der Waals surface area contributed by atoms with Crippen LogP contribution < -0.4 is 0 Å². The van der Waals surface area contributed by atoms with Crippen LogP contribution in [-0.2, 0) is 0 Å². The molecule has 5 heteroatoms. The molecule has 0 aliphatic rings. The van der Waals surface area contributed by atoms with Gasteiger partial charge >= 0.3 is 0 Å². The van der Waals surface area contributed by atoms with E-state index < -0.39 is 0 Å². The number of hydrogen-bond acceptors (Lipinski definition) is 3. The van der Waals surface area contributed by atoms with E-state index in [0.29, 0.717) is 16.3 Å². The number of nitrogens with one attached hydrogen (secondary N) is 1. The van der Waals surface area contributed by atoms with E-state index in [2.05, 4.69) is 19.9 Å². The molecular weight excluding hydrogens is 154 g/mol. The predicted molar refractivity (Wildman–Crippen MR) is 36.7 cm³/mol. The van der Waals surface area contributed by atoms with Crippen molar-refractivity contribution in [3.8, 4) is 0 Å². The minimum absolute atomic E-state index is 0.405. The molecule has 0 saturated carbocycles. The fourth-order valence-corrected chi connectivity index (χ4v) is 0.918. The molecule has 4 nitrogen and oxygen atoms in total. The summed E-state index contributed by atoms with van der Waals surface area (Å²) < 4.78 is 0. The Kier molecular flexibility index (Phi) is 1.07. The number of rotatable bonds is 0. The van der Waals surface area contributed by atoms with Gasteiger partial charge in [0.2, 0.25) is 0 Å². The van der Waals surface area contributed by atoms with Gasteiger partial charge in [0.15, 0.2) is 10.8 Å². The number of aromatic nitrogens is 4. The predicted octanol–water partition coefficient (Wildman–Crippen LogP) is 1.01. The Balaban J connectivity index is 2.95. The number of halogens is 1. The van der Waals surface area contributed by atoms with Crippen LogP contribution >= 0.6 is 11.6 Å². The number of fused-ring (bicyclic) bond motifs is 1. The highest BCUT2D eigenvalue weighted by atomic mass is 35.5. The maximum absolute atomic E-state index is 5.68. The average molecular weight is 157 g/mol. The van der Waals surface area contributed by atoms with Crippen molar-refractivity contribution in [2.75, 3.05) is 0 Å². The van der Waals surface area contributed by atoms with E-state index in [9.17, 15) is 0 Å². The molecule has 2 rings (SSSR count). The second-order valence-corrected chi connectivity index (χ2v) is 2.12. The lowest BCUT2D eigenvalue weighted by Gasteiger charge is -1.86. The molecule has 50 valence electrons. The average Bonchev–Trinajstić information content (AvgIpc) is 2.36. The first kappa shape index (κ1) is 5.61. The third kappa shape index (κ3) is 0.657. The van der Waals surface area contributed by atoms with Crippen LogP contribution in [0.15, 0.2) is 12.7 Å². The van der Waals surface area contributed by atoms with Crippen LogP contribution in [0.4, 0.5) is 0 Å². The van der Waals surface area contributed by atoms with Crippen molar-refractivity contribution in [2.24, 2.45) is 0 Å². The molecule has 0 atom stereocenters. The van der Waals surface area contributed by atoms with Gasteiger partial charge in [0.25, 0.3) is 0 Å². The summed E-state index contributed by atoms with van der Waals surface area (Å²) >= 11 is 5.68. The Bertz CT molecular complexity index is 355. The van der Waals surface area contributed by atoms with Gasteiger partial charge in [-0.2, -0.15) is 0 Å². The Labute approximate surface area is 61.3 Å². The first-order valence-electron chi connectivity index (χ1n) is 2.67. The van der Waals surface area contributed by atoms with Gasteiger partial charge in [0.1, 0.15) is 11.8 Å². The lowest BCUT2D eigenvalue weighted by Crippen LogP contribution is -1.80. The molecule has 10 heavy (non-hydrogen) atoms. The third-order valence-electron chi connectivity index (χ3n) is 1.18. The first-order chi connectivity index (χ1) is 4.88. The molecule has 0 aliphatic heterocycles. The summed E-state index contributed by atoms with van der Waals surface area (Å²) in [5.74, 6) is 0. The number of hydrogen-bond donors (Lipinski definition) is 1. The topological polar surface area (TPSA) is 54.5 Å². The maximum atomic E-state index is 5.68. The molecule has 2 aromatic rings. The van der Waals surface area contributed by atoms with E-state index in [1.165, 1.54) is 12.7 Å². The highest BCUT2D eigenvalue weighted by molar-refractivity contribution is 6.33. The van der Waals surface area contributed by atoms with Crippen molar-refractivity contribution < 1.29 is 0 Å². The molecule has 0 fully saturated rings. The van der Waals surface area contributed by atoms with E-state index in [-0.39, 0.29) is 0 Å². The van der Waals surface area contributed by atoms with Gasteiger partial charge in [-0.15, -0.1) is 0 Å².